The van der Waals surface area contributed by atoms with E-state index >= 15 is 0 Å². The number of fused-ring (bicyclic) bond motifs is 1. The summed E-state index contributed by atoms with van der Waals surface area (Å²) >= 11 is 0.224. The molecule has 0 saturated heterocycles. The highest BCUT2D eigenvalue weighted by atomic mass is 32.2. The summed E-state index contributed by atoms with van der Waals surface area (Å²) in [4.78, 5) is 39.8. The van der Waals surface area contributed by atoms with Crippen molar-refractivity contribution in [1.29, 1.82) is 0 Å². The van der Waals surface area contributed by atoms with E-state index in [9.17, 15) is 31.4 Å². The van der Waals surface area contributed by atoms with Gasteiger partial charge >= 0.3 is 13.3 Å². The summed E-state index contributed by atoms with van der Waals surface area (Å²) in [7, 11) is -9.23. The molecule has 0 saturated carbocycles. The molecule has 1 amide bonds. The first kappa shape index (κ1) is 23.4. The maximum absolute atomic E-state index is 14.3. The number of rotatable bonds is 9. The quantitative estimate of drug-likeness (QED) is 0.284. The van der Waals surface area contributed by atoms with E-state index in [1.54, 1.807) is 0 Å². The average Bonchev–Trinajstić information content (AvgIpc) is 2.95. The molecule has 1 heterocycles. The zero-order valence-corrected chi connectivity index (χ0v) is 17.3. The van der Waals surface area contributed by atoms with Gasteiger partial charge in [0, 0.05) is 22.8 Å². The molecule has 0 aliphatic heterocycles. The van der Waals surface area contributed by atoms with Crippen molar-refractivity contribution in [1.82, 2.24) is 0 Å². The Morgan fingerprint density at radius 2 is 2.00 bits per heavy atom. The first-order valence-electron chi connectivity index (χ1n) is 7.79. The van der Waals surface area contributed by atoms with Gasteiger partial charge in [0.25, 0.3) is 0 Å². The van der Waals surface area contributed by atoms with Crippen LogP contribution in [0.1, 0.15) is 32.0 Å². The van der Waals surface area contributed by atoms with Crippen molar-refractivity contribution < 1.29 is 45.9 Å². The van der Waals surface area contributed by atoms with E-state index in [0.717, 1.165) is 18.4 Å². The second-order valence-corrected chi connectivity index (χ2v) is 11.0. The number of benzene rings is 1. The molecule has 2 rings (SSSR count). The zero-order valence-electron chi connectivity index (χ0n) is 14.8. The molecule has 1 aromatic carbocycles. The molecular weight excluding hydrogens is 455 g/mol. The van der Waals surface area contributed by atoms with Gasteiger partial charge in [-0.05, 0) is 18.6 Å². The summed E-state index contributed by atoms with van der Waals surface area (Å²) < 4.78 is 67.5. The minimum absolute atomic E-state index is 0.00402. The summed E-state index contributed by atoms with van der Waals surface area (Å²) in [6.07, 6.45) is 1.07. The Hall–Kier alpha value is -1.92. The first-order valence-corrected chi connectivity index (χ1v) is 12.3. The molecule has 4 N–H and O–H groups in total. The molecule has 0 atom stereocenters. The normalized spacial score (nSPS) is 12.9. The van der Waals surface area contributed by atoms with Gasteiger partial charge in [0.1, 0.15) is 15.6 Å². The van der Waals surface area contributed by atoms with Gasteiger partial charge in [-0.3, -0.25) is 14.2 Å². The van der Waals surface area contributed by atoms with Crippen LogP contribution in [0.3, 0.4) is 0 Å². The van der Waals surface area contributed by atoms with E-state index in [-0.39, 0.29) is 57.8 Å². The SMILES string of the molecule is CS(=O)(=O)CCCOc1cc(C(N)=O)cc2c(C=O)c(C(F)(F)P(=O)(O)O)sc12. The van der Waals surface area contributed by atoms with Crippen molar-refractivity contribution >= 4 is 51.0 Å². The topological polar surface area (TPSA) is 161 Å². The van der Waals surface area contributed by atoms with E-state index in [0.29, 0.717) is 0 Å². The third-order valence-electron chi connectivity index (χ3n) is 3.75. The van der Waals surface area contributed by atoms with Crippen LogP contribution in [0.4, 0.5) is 8.78 Å². The number of amides is 1. The predicted octanol–water partition coefficient (Wildman–Crippen LogP) is 1.85. The second-order valence-electron chi connectivity index (χ2n) is 6.10. The summed E-state index contributed by atoms with van der Waals surface area (Å²) in [6.45, 7) is -0.164. The lowest BCUT2D eigenvalue weighted by atomic mass is 10.1. The third kappa shape index (κ3) is 4.98. The Kier molecular flexibility index (Phi) is 6.50. The van der Waals surface area contributed by atoms with Crippen molar-refractivity contribution in [2.75, 3.05) is 18.6 Å². The molecule has 29 heavy (non-hydrogen) atoms. The molecular formula is C15H16F2NO8PS2. The van der Waals surface area contributed by atoms with Crippen molar-refractivity contribution in [3.05, 3.63) is 28.1 Å². The molecule has 0 bridgehead atoms. The number of ether oxygens (including phenoxy) is 1. The summed E-state index contributed by atoms with van der Waals surface area (Å²) in [5.41, 5.74) is -0.336. The van der Waals surface area contributed by atoms with Gasteiger partial charge in [-0.2, -0.15) is 8.78 Å². The number of sulfone groups is 1. The van der Waals surface area contributed by atoms with Crippen LogP contribution in [0.2, 0.25) is 0 Å². The minimum atomic E-state index is -5.96. The number of nitrogens with two attached hydrogens (primary N) is 1. The highest BCUT2D eigenvalue weighted by Crippen LogP contribution is 2.62. The van der Waals surface area contributed by atoms with Gasteiger partial charge in [-0.1, -0.05) is 0 Å². The van der Waals surface area contributed by atoms with Crippen molar-refractivity contribution in [3.8, 4) is 5.75 Å². The van der Waals surface area contributed by atoms with Gasteiger partial charge < -0.3 is 20.3 Å². The lowest BCUT2D eigenvalue weighted by molar-refractivity contribution is 0.0593. The number of carbonyl (C=O) groups is 2. The molecule has 1 aromatic heterocycles. The number of aldehydes is 1. The molecule has 0 unspecified atom stereocenters. The van der Waals surface area contributed by atoms with Gasteiger partial charge in [-0.25, -0.2) is 8.42 Å². The summed E-state index contributed by atoms with van der Waals surface area (Å²) in [6, 6.07) is 2.16. The van der Waals surface area contributed by atoms with Crippen LogP contribution in [-0.2, 0) is 20.1 Å². The highest BCUT2D eigenvalue weighted by Gasteiger charge is 2.53. The fraction of sp³-hybridized carbons (Fsp3) is 0.333. The Morgan fingerprint density at radius 1 is 1.38 bits per heavy atom. The largest absolute Gasteiger partial charge is 0.492 e. The van der Waals surface area contributed by atoms with Crippen LogP contribution >= 0.6 is 18.9 Å². The van der Waals surface area contributed by atoms with Crippen LogP contribution in [0.15, 0.2) is 12.1 Å². The Morgan fingerprint density at radius 3 is 2.48 bits per heavy atom. The maximum atomic E-state index is 14.3. The number of primary amides is 1. The van der Waals surface area contributed by atoms with E-state index in [1.807, 2.05) is 0 Å². The van der Waals surface area contributed by atoms with Crippen LogP contribution in [0, 0.1) is 0 Å². The molecule has 160 valence electrons. The standard InChI is InChI=1S/C15H16F2NO8PS2/c1-29(24,25)4-2-3-26-11-6-8(14(18)20)5-9-10(7-19)13(28-12(9)11)15(16,17)27(21,22)23/h5-7H,2-4H2,1H3,(H2,18,20)(H2,21,22,23). The number of hydrogen-bond donors (Lipinski definition) is 3. The van der Waals surface area contributed by atoms with Crippen molar-refractivity contribution in [2.45, 2.75) is 12.1 Å². The highest BCUT2D eigenvalue weighted by molar-refractivity contribution is 7.90. The zero-order chi connectivity index (χ0) is 22.2. The molecule has 0 radical (unpaired) electrons. The predicted molar refractivity (Wildman–Crippen MR) is 101 cm³/mol. The number of halogens is 2. The van der Waals surface area contributed by atoms with Crippen molar-refractivity contribution in [2.24, 2.45) is 5.73 Å². The molecule has 14 heteroatoms. The van der Waals surface area contributed by atoms with Crippen LogP contribution in [0.5, 0.6) is 5.75 Å². The first-order chi connectivity index (χ1) is 13.2. The molecule has 0 spiro atoms. The van der Waals surface area contributed by atoms with Gasteiger partial charge in [0.15, 0.2) is 6.29 Å². The van der Waals surface area contributed by atoms with E-state index in [1.165, 1.54) is 0 Å². The summed E-state index contributed by atoms with van der Waals surface area (Å²) in [5.74, 6) is -1.32. The van der Waals surface area contributed by atoms with E-state index < -0.39 is 39.4 Å². The minimum Gasteiger partial charge on any atom is -0.492 e. The molecule has 0 fully saturated rings. The molecule has 0 aliphatic carbocycles. The smallest absolute Gasteiger partial charge is 0.400 e. The van der Waals surface area contributed by atoms with Gasteiger partial charge in [-0.15, -0.1) is 11.3 Å². The fourth-order valence-electron chi connectivity index (χ4n) is 2.41. The summed E-state index contributed by atoms with van der Waals surface area (Å²) in [5, 5.41) is -0.192. The molecule has 0 aliphatic rings. The van der Waals surface area contributed by atoms with Gasteiger partial charge in [0.05, 0.1) is 21.9 Å². The fourth-order valence-corrected chi connectivity index (χ4v) is 5.03. The molecule has 2 aromatic rings. The Labute approximate surface area is 167 Å². The maximum Gasteiger partial charge on any atom is 0.400 e. The lowest BCUT2D eigenvalue weighted by Crippen LogP contribution is -2.14. The monoisotopic (exact) mass is 471 g/mol. The second kappa shape index (κ2) is 8.07. The Balaban J connectivity index is 2.63. The Bertz CT molecular complexity index is 1120. The average molecular weight is 471 g/mol. The third-order valence-corrected chi connectivity index (χ3v) is 7.19. The number of thiophene rings is 1. The van der Waals surface area contributed by atoms with Gasteiger partial charge in [0.2, 0.25) is 5.91 Å². The number of hydrogen-bond acceptors (Lipinski definition) is 7. The van der Waals surface area contributed by atoms with Crippen LogP contribution in [-0.4, -0.2) is 49.0 Å². The molecule has 9 nitrogen and oxygen atoms in total. The van der Waals surface area contributed by atoms with Crippen LogP contribution < -0.4 is 10.5 Å². The number of alkyl halides is 2. The van der Waals surface area contributed by atoms with E-state index in [4.69, 9.17) is 20.3 Å². The lowest BCUT2D eigenvalue weighted by Gasteiger charge is -2.16. The van der Waals surface area contributed by atoms with Crippen molar-refractivity contribution in [3.63, 3.8) is 0 Å². The van der Waals surface area contributed by atoms with Crippen LogP contribution in [0.25, 0.3) is 10.1 Å². The number of carbonyl (C=O) groups excluding carboxylic acids is 2. The van der Waals surface area contributed by atoms with E-state index in [2.05, 4.69) is 0 Å².